The van der Waals surface area contributed by atoms with E-state index in [4.69, 9.17) is 4.74 Å². The first-order valence-corrected chi connectivity index (χ1v) is 10.5. The number of carbonyl (C=O) groups excluding carboxylic acids is 1. The zero-order chi connectivity index (χ0) is 20.6. The van der Waals surface area contributed by atoms with Crippen LogP contribution in [0.4, 0.5) is 5.82 Å². The highest BCUT2D eigenvalue weighted by Gasteiger charge is 2.53. The lowest BCUT2D eigenvalue weighted by molar-refractivity contribution is -0.198. The molecule has 156 valence electrons. The second kappa shape index (κ2) is 7.54. The van der Waals surface area contributed by atoms with Gasteiger partial charge in [0.25, 0.3) is 0 Å². The minimum Gasteiger partial charge on any atom is -0.388 e. The van der Waals surface area contributed by atoms with Gasteiger partial charge < -0.3 is 20.1 Å². The van der Waals surface area contributed by atoms with Crippen LogP contribution in [0.3, 0.4) is 0 Å². The largest absolute Gasteiger partial charge is 0.388 e. The lowest BCUT2D eigenvalue weighted by atomic mass is 9.73. The molecule has 7 heteroatoms. The second-order valence-electron chi connectivity index (χ2n) is 8.53. The Morgan fingerprint density at radius 2 is 1.93 bits per heavy atom. The van der Waals surface area contributed by atoms with E-state index in [0.29, 0.717) is 32.3 Å². The highest BCUT2D eigenvalue weighted by molar-refractivity contribution is 5.93. The fourth-order valence-corrected chi connectivity index (χ4v) is 4.77. The topological polar surface area (TPSA) is 87.6 Å². The fraction of sp³-hybridized carbons (Fsp3) is 0.591. The van der Waals surface area contributed by atoms with E-state index in [1.807, 2.05) is 32.9 Å². The molecule has 0 radical (unpaired) electrons. The normalized spacial score (nSPS) is 26.6. The zero-order valence-corrected chi connectivity index (χ0v) is 17.4. The summed E-state index contributed by atoms with van der Waals surface area (Å²) in [4.78, 5) is 14.2. The molecule has 2 aliphatic heterocycles. The van der Waals surface area contributed by atoms with Gasteiger partial charge in [0.2, 0.25) is 5.91 Å². The van der Waals surface area contributed by atoms with Crippen molar-refractivity contribution in [2.45, 2.75) is 63.7 Å². The number of aryl methyl sites for hydroxylation is 1. The molecule has 0 unspecified atom stereocenters. The lowest BCUT2D eigenvalue weighted by Gasteiger charge is -2.53. The Bertz CT molecular complexity index is 910. The fourth-order valence-electron chi connectivity index (χ4n) is 4.77. The third-order valence-electron chi connectivity index (χ3n) is 6.62. The van der Waals surface area contributed by atoms with Gasteiger partial charge in [-0.1, -0.05) is 31.2 Å². The van der Waals surface area contributed by atoms with Crippen molar-refractivity contribution in [3.8, 4) is 0 Å². The molecular formula is C22H30N4O3. The van der Waals surface area contributed by atoms with Gasteiger partial charge in [-0.2, -0.15) is 5.10 Å². The summed E-state index contributed by atoms with van der Waals surface area (Å²) in [6.45, 7) is 7.70. The van der Waals surface area contributed by atoms with Gasteiger partial charge >= 0.3 is 0 Å². The average molecular weight is 399 g/mol. The quantitative estimate of drug-likeness (QED) is 0.825. The summed E-state index contributed by atoms with van der Waals surface area (Å²) in [6.07, 6.45) is 1.62. The average Bonchev–Trinajstić information content (AvgIpc) is 2.73. The van der Waals surface area contributed by atoms with Crippen molar-refractivity contribution >= 4 is 22.5 Å². The molecule has 2 aromatic rings. The van der Waals surface area contributed by atoms with E-state index in [0.717, 1.165) is 35.4 Å². The minimum atomic E-state index is -0.748. The van der Waals surface area contributed by atoms with Crippen LogP contribution in [0.15, 0.2) is 24.3 Å². The number of hydrogen-bond donors (Lipinski definition) is 2. The number of benzene rings is 1. The number of aliphatic hydroxyl groups excluding tert-OH is 1. The summed E-state index contributed by atoms with van der Waals surface area (Å²) >= 11 is 0. The highest BCUT2D eigenvalue weighted by atomic mass is 16.5. The Labute approximate surface area is 171 Å². The van der Waals surface area contributed by atoms with Crippen molar-refractivity contribution < 1.29 is 14.6 Å². The molecule has 4 rings (SSSR count). The molecule has 1 aromatic carbocycles. The van der Waals surface area contributed by atoms with Crippen LogP contribution in [0.1, 0.15) is 45.2 Å². The molecule has 3 heterocycles. The summed E-state index contributed by atoms with van der Waals surface area (Å²) in [5.41, 5.74) is -0.381. The van der Waals surface area contributed by atoms with Crippen LogP contribution >= 0.6 is 0 Å². The van der Waals surface area contributed by atoms with E-state index in [1.54, 1.807) is 0 Å². The summed E-state index contributed by atoms with van der Waals surface area (Å²) in [7, 11) is 0. The third-order valence-corrected chi connectivity index (χ3v) is 6.62. The van der Waals surface area contributed by atoms with Crippen LogP contribution in [-0.4, -0.2) is 58.2 Å². The molecule has 1 spiro atoms. The number of nitrogens with zero attached hydrogens (tertiary/aromatic N) is 3. The summed E-state index contributed by atoms with van der Waals surface area (Å²) in [6, 6.07) is 8.20. The Morgan fingerprint density at radius 3 is 2.62 bits per heavy atom. The number of aliphatic hydroxyl groups is 1. The highest BCUT2D eigenvalue weighted by Crippen LogP contribution is 2.41. The van der Waals surface area contributed by atoms with Crippen LogP contribution in [0, 0.1) is 6.92 Å². The van der Waals surface area contributed by atoms with Crippen molar-refractivity contribution in [2.24, 2.45) is 0 Å². The molecular weight excluding hydrogens is 368 g/mol. The molecule has 2 saturated heterocycles. The number of aromatic nitrogens is 2. The Hall–Kier alpha value is -2.25. The molecule has 7 nitrogen and oxygen atoms in total. The zero-order valence-electron chi connectivity index (χ0n) is 17.4. The Morgan fingerprint density at radius 1 is 1.24 bits per heavy atom. The van der Waals surface area contributed by atoms with Crippen LogP contribution in [0.5, 0.6) is 0 Å². The monoisotopic (exact) mass is 398 g/mol. The number of anilines is 1. The van der Waals surface area contributed by atoms with Gasteiger partial charge in [-0.3, -0.25) is 4.79 Å². The van der Waals surface area contributed by atoms with Gasteiger partial charge in [0.05, 0.1) is 16.8 Å². The van der Waals surface area contributed by atoms with E-state index in [-0.39, 0.29) is 5.91 Å². The van der Waals surface area contributed by atoms with E-state index < -0.39 is 17.2 Å². The molecule has 1 aromatic heterocycles. The van der Waals surface area contributed by atoms with E-state index in [1.165, 1.54) is 0 Å². The van der Waals surface area contributed by atoms with Crippen LogP contribution < -0.4 is 10.2 Å². The number of hydrogen-bond acceptors (Lipinski definition) is 6. The van der Waals surface area contributed by atoms with Crippen molar-refractivity contribution in [2.75, 3.05) is 24.6 Å². The molecule has 29 heavy (non-hydrogen) atoms. The predicted octanol–water partition coefficient (Wildman–Crippen LogP) is 2.34. The maximum absolute atomic E-state index is 12.0. The van der Waals surface area contributed by atoms with Crippen molar-refractivity contribution in [3.05, 3.63) is 30.0 Å². The Balaban J connectivity index is 1.55. The molecule has 2 atom stereocenters. The number of nitrogens with one attached hydrogen (secondary N) is 1. The van der Waals surface area contributed by atoms with Gasteiger partial charge in [0.15, 0.2) is 5.82 Å². The first-order chi connectivity index (χ1) is 13.9. The summed E-state index contributed by atoms with van der Waals surface area (Å²) in [5, 5.41) is 25.3. The van der Waals surface area contributed by atoms with Gasteiger partial charge in [-0.25, -0.2) is 0 Å². The van der Waals surface area contributed by atoms with Crippen LogP contribution in [0.25, 0.3) is 10.8 Å². The number of piperidine rings is 1. The first kappa shape index (κ1) is 20.0. The maximum Gasteiger partial charge on any atom is 0.220 e. The first-order valence-electron chi connectivity index (χ1n) is 10.5. The molecule has 2 fully saturated rings. The number of carbonyl (C=O) groups is 1. The number of fused-ring (bicyclic) bond motifs is 1. The van der Waals surface area contributed by atoms with Gasteiger partial charge in [-0.05, 0) is 33.1 Å². The third kappa shape index (κ3) is 3.46. The molecule has 2 N–H and O–H groups in total. The maximum atomic E-state index is 12.0. The van der Waals surface area contributed by atoms with Gasteiger partial charge in [-0.15, -0.1) is 5.10 Å². The molecule has 1 amide bonds. The SMILES string of the molecule is CCC(=O)N[C@@]1(C)CCOC2(CCN(c3nnc(C)c4ccccc34)CC2)[C@@H]1O. The Kier molecular flexibility index (Phi) is 5.21. The number of amides is 1. The van der Waals surface area contributed by atoms with Gasteiger partial charge in [0.1, 0.15) is 6.10 Å². The van der Waals surface area contributed by atoms with Crippen molar-refractivity contribution in [1.82, 2.24) is 15.5 Å². The van der Waals surface area contributed by atoms with Crippen molar-refractivity contribution in [1.29, 1.82) is 0 Å². The lowest BCUT2D eigenvalue weighted by Crippen LogP contribution is -2.69. The van der Waals surface area contributed by atoms with Crippen LogP contribution in [0.2, 0.25) is 0 Å². The van der Waals surface area contributed by atoms with E-state index >= 15 is 0 Å². The predicted molar refractivity (Wildman–Crippen MR) is 112 cm³/mol. The standard InChI is InChI=1S/C22H30N4O3/c1-4-18(27)23-21(3)11-14-29-22(20(21)28)9-12-26(13-10-22)19-17-8-6-5-7-16(17)15(2)24-25-19/h5-8,20,28H,4,9-14H2,1-3H3,(H,23,27)/t20-,21+/m1/s1. The van der Waals surface area contributed by atoms with E-state index in [2.05, 4.69) is 32.5 Å². The summed E-state index contributed by atoms with van der Waals surface area (Å²) in [5.74, 6) is 0.843. The van der Waals surface area contributed by atoms with Gasteiger partial charge in [0, 0.05) is 36.9 Å². The molecule has 0 aliphatic carbocycles. The minimum absolute atomic E-state index is 0.0394. The number of ether oxygens (including phenoxy) is 1. The van der Waals surface area contributed by atoms with Crippen LogP contribution in [-0.2, 0) is 9.53 Å². The smallest absolute Gasteiger partial charge is 0.220 e. The van der Waals surface area contributed by atoms with E-state index in [9.17, 15) is 9.90 Å². The van der Waals surface area contributed by atoms with Crippen molar-refractivity contribution in [3.63, 3.8) is 0 Å². The number of rotatable bonds is 3. The second-order valence-corrected chi connectivity index (χ2v) is 8.53. The molecule has 2 aliphatic rings. The summed E-state index contributed by atoms with van der Waals surface area (Å²) < 4.78 is 6.16. The molecule has 0 saturated carbocycles. The molecule has 0 bridgehead atoms.